The van der Waals surface area contributed by atoms with Crippen LogP contribution >= 0.6 is 0 Å². The van der Waals surface area contributed by atoms with Crippen molar-refractivity contribution in [2.24, 2.45) is 10.2 Å². The van der Waals surface area contributed by atoms with Gasteiger partial charge in [-0.1, -0.05) is 139 Å². The van der Waals surface area contributed by atoms with Crippen LogP contribution in [0.4, 0.5) is 0 Å². The van der Waals surface area contributed by atoms with Crippen LogP contribution in [0.5, 0.6) is 0 Å². The van der Waals surface area contributed by atoms with E-state index >= 15 is 0 Å². The van der Waals surface area contributed by atoms with Crippen molar-refractivity contribution in [3.63, 3.8) is 0 Å². The Morgan fingerprint density at radius 1 is 0.441 bits per heavy atom. The number of benzene rings is 2. The molecule has 0 aromatic heterocycles. The van der Waals surface area contributed by atoms with Crippen LogP contribution in [0.1, 0.15) is 11.1 Å². The Morgan fingerprint density at radius 3 is 0.882 bits per heavy atom. The molecule has 2 aromatic carbocycles. The van der Waals surface area contributed by atoms with Crippen molar-refractivity contribution in [1.29, 1.82) is 0 Å². The lowest BCUT2D eigenvalue weighted by atomic mass is 10.00. The van der Waals surface area contributed by atoms with Gasteiger partial charge in [0.25, 0.3) is 0 Å². The molecule has 0 unspecified atom stereocenters. The summed E-state index contributed by atoms with van der Waals surface area (Å²) in [7, 11) is -6.89. The third-order valence-electron chi connectivity index (χ3n) is 5.26. The molecule has 186 valence electrons. The molecule has 0 heterocycles. The Morgan fingerprint density at radius 2 is 0.676 bits per heavy atom. The Labute approximate surface area is 213 Å². The van der Waals surface area contributed by atoms with Crippen LogP contribution in [0.25, 0.3) is 0 Å². The van der Waals surface area contributed by atoms with Gasteiger partial charge in [-0.3, -0.25) is 0 Å². The maximum atomic E-state index is 5.53. The van der Waals surface area contributed by atoms with Gasteiger partial charge in [0.05, 0.1) is 0 Å². The van der Waals surface area contributed by atoms with E-state index < -0.39 is 32.9 Å². The molecule has 0 bridgehead atoms. The Balaban J connectivity index is 2.96. The third kappa shape index (κ3) is 7.63. The Bertz CT molecular complexity index is 882. The number of hydrogen-bond donors (Lipinski definition) is 0. The molecular weight excluding hydrogens is 481 g/mol. The molecule has 0 atom stereocenters. The van der Waals surface area contributed by atoms with Crippen molar-refractivity contribution in [2.45, 2.75) is 78.6 Å². The smallest absolute Gasteiger partial charge is 0.158 e. The van der Waals surface area contributed by atoms with Gasteiger partial charge in [-0.05, 0) is 0 Å². The third-order valence-corrected chi connectivity index (χ3v) is 18.8. The van der Waals surface area contributed by atoms with Crippen molar-refractivity contribution < 1.29 is 0 Å². The Kier molecular flexibility index (Phi) is 8.77. The topological polar surface area (TPSA) is 31.2 Å². The maximum absolute atomic E-state index is 5.53. The monoisotopic (exact) mass is 526 g/mol. The molecule has 0 saturated heterocycles. The number of hydrogen-bond acceptors (Lipinski definition) is 4. The second-order valence-corrected chi connectivity index (χ2v) is 32.9. The second kappa shape index (κ2) is 10.5. The van der Waals surface area contributed by atoms with E-state index in [0.29, 0.717) is 0 Å². The fourth-order valence-corrected chi connectivity index (χ4v) is 22.2. The maximum Gasteiger partial charge on any atom is 0.158 e. The minimum Gasteiger partial charge on any atom is -0.349 e. The molecule has 0 fully saturated rings. The minimum absolute atomic E-state index is 0.984. The van der Waals surface area contributed by atoms with Gasteiger partial charge in [0.15, 0.2) is 32.9 Å². The lowest BCUT2D eigenvalue weighted by Crippen LogP contribution is -2.57. The molecule has 0 aliphatic rings. The van der Waals surface area contributed by atoms with Crippen molar-refractivity contribution in [3.05, 3.63) is 71.8 Å². The second-order valence-electron chi connectivity index (χ2n) is 12.9. The summed E-state index contributed by atoms with van der Waals surface area (Å²) in [5.74, 6) is 0. The molecule has 2 aromatic rings. The zero-order chi connectivity index (χ0) is 25.9. The highest BCUT2D eigenvalue weighted by Gasteiger charge is 2.37. The van der Waals surface area contributed by atoms with E-state index in [1.165, 1.54) is 0 Å². The summed E-state index contributed by atoms with van der Waals surface area (Å²) in [6.45, 7) is 28.8. The summed E-state index contributed by atoms with van der Waals surface area (Å²) < 4.78 is 5.02. The van der Waals surface area contributed by atoms with E-state index in [1.54, 1.807) is 0 Å². The molecule has 0 aliphatic heterocycles. The van der Waals surface area contributed by atoms with Gasteiger partial charge in [-0.25, -0.2) is 0 Å². The highest BCUT2D eigenvalue weighted by molar-refractivity contribution is 6.90. The van der Waals surface area contributed by atoms with E-state index in [2.05, 4.69) is 148 Å². The number of nitrogens with zero attached hydrogens (tertiary/aromatic N) is 4. The predicted molar refractivity (Wildman–Crippen MR) is 163 cm³/mol. The standard InChI is InChI=1S/C26H46N4Si4/c1-31(2,3)29(32(4,5)6)27-25(23-19-15-13-16-20-23)26(24-21-17-14-18-22-24)28-30(33(7,8)9)34(10,11)12/h13-22H,1-12H3. The van der Waals surface area contributed by atoms with Crippen molar-refractivity contribution in [3.8, 4) is 0 Å². The van der Waals surface area contributed by atoms with Crippen LogP contribution in [0.3, 0.4) is 0 Å². The average molecular weight is 527 g/mol. The number of hydrazone groups is 2. The van der Waals surface area contributed by atoms with Gasteiger partial charge in [-0.15, -0.1) is 0 Å². The predicted octanol–water partition coefficient (Wildman–Crippen LogP) is 7.74. The molecule has 4 nitrogen and oxygen atoms in total. The fraction of sp³-hybridized carbons (Fsp3) is 0.462. The molecule has 0 spiro atoms. The first-order chi connectivity index (χ1) is 15.4. The summed E-state index contributed by atoms with van der Waals surface area (Å²) >= 11 is 0. The van der Waals surface area contributed by atoms with Crippen LogP contribution in [-0.4, -0.2) is 53.0 Å². The molecule has 0 N–H and O–H groups in total. The molecule has 34 heavy (non-hydrogen) atoms. The largest absolute Gasteiger partial charge is 0.349 e. The molecule has 0 amide bonds. The fourth-order valence-electron chi connectivity index (χ4n) is 4.49. The Hall–Kier alpha value is -1.75. The van der Waals surface area contributed by atoms with E-state index in [0.717, 1.165) is 22.6 Å². The van der Waals surface area contributed by atoms with Gasteiger partial charge in [0, 0.05) is 11.1 Å². The molecule has 0 saturated carbocycles. The van der Waals surface area contributed by atoms with Crippen molar-refractivity contribution in [1.82, 2.24) is 8.68 Å². The zero-order valence-electron chi connectivity index (χ0n) is 23.6. The average Bonchev–Trinajstić information content (AvgIpc) is 2.67. The minimum atomic E-state index is -1.72. The first-order valence-electron chi connectivity index (χ1n) is 12.3. The normalized spacial score (nSPS) is 14.2. The van der Waals surface area contributed by atoms with Gasteiger partial charge in [-0.2, -0.15) is 10.2 Å². The van der Waals surface area contributed by atoms with Crippen LogP contribution in [0, 0.1) is 0 Å². The highest BCUT2D eigenvalue weighted by atomic mass is 28.4. The summed E-state index contributed by atoms with van der Waals surface area (Å²) in [5, 5.41) is 11.1. The summed E-state index contributed by atoms with van der Waals surface area (Å²) in [4.78, 5) is 0. The van der Waals surface area contributed by atoms with Gasteiger partial charge in [0.1, 0.15) is 11.4 Å². The molecule has 0 radical (unpaired) electrons. The van der Waals surface area contributed by atoms with Crippen LogP contribution in [0.15, 0.2) is 70.9 Å². The molecule has 0 aliphatic carbocycles. The van der Waals surface area contributed by atoms with Crippen molar-refractivity contribution in [2.75, 3.05) is 0 Å². The summed E-state index contributed by atoms with van der Waals surface area (Å²) in [6.07, 6.45) is 0. The van der Waals surface area contributed by atoms with Gasteiger partial charge < -0.3 is 8.68 Å². The van der Waals surface area contributed by atoms with Gasteiger partial charge >= 0.3 is 0 Å². The summed E-state index contributed by atoms with van der Waals surface area (Å²) in [6, 6.07) is 21.3. The van der Waals surface area contributed by atoms with Crippen LogP contribution in [-0.2, 0) is 0 Å². The van der Waals surface area contributed by atoms with Gasteiger partial charge in [0.2, 0.25) is 0 Å². The highest BCUT2D eigenvalue weighted by Crippen LogP contribution is 2.25. The quantitative estimate of drug-likeness (QED) is 0.190. The molecule has 2 rings (SSSR count). The summed E-state index contributed by atoms with van der Waals surface area (Å²) in [5.41, 5.74) is 4.21. The van der Waals surface area contributed by atoms with E-state index in [1.807, 2.05) is 0 Å². The number of rotatable bonds is 9. The van der Waals surface area contributed by atoms with E-state index in [9.17, 15) is 0 Å². The first kappa shape index (κ1) is 28.5. The molecular formula is C26H46N4Si4. The van der Waals surface area contributed by atoms with E-state index in [-0.39, 0.29) is 0 Å². The van der Waals surface area contributed by atoms with E-state index in [4.69, 9.17) is 10.2 Å². The van der Waals surface area contributed by atoms with Crippen molar-refractivity contribution >= 4 is 44.4 Å². The lowest BCUT2D eigenvalue weighted by molar-refractivity contribution is 0.661. The van der Waals surface area contributed by atoms with Crippen LogP contribution in [0.2, 0.25) is 78.6 Å². The first-order valence-corrected chi connectivity index (χ1v) is 26.1. The zero-order valence-corrected chi connectivity index (χ0v) is 27.6. The SMILES string of the molecule is C[Si](C)(C)N(N=C(C(=NN([Si](C)(C)C)[Si](C)(C)C)c1ccccc1)c1ccccc1)[Si](C)(C)C. The van der Waals surface area contributed by atoms with Crippen LogP contribution < -0.4 is 0 Å². The lowest BCUT2D eigenvalue weighted by Gasteiger charge is -2.43. The molecule has 8 heteroatoms.